The van der Waals surface area contributed by atoms with Crippen LogP contribution in [0, 0.1) is 0 Å². The first-order valence-electron chi connectivity index (χ1n) is 9.07. The Kier molecular flexibility index (Phi) is 4.06. The lowest BCUT2D eigenvalue weighted by molar-refractivity contribution is 0.200. The van der Waals surface area contributed by atoms with Gasteiger partial charge in [-0.15, -0.1) is 15.3 Å². The molecule has 0 bridgehead atoms. The average molecular weight is 361 g/mol. The number of hydrogen-bond acceptors (Lipinski definition) is 7. The average Bonchev–Trinajstić information content (AvgIpc) is 3.39. The van der Waals surface area contributed by atoms with Crippen LogP contribution >= 0.6 is 0 Å². The zero-order valence-electron chi connectivity index (χ0n) is 14.8. The molecule has 9 nitrogen and oxygen atoms in total. The predicted octanol–water partition coefficient (Wildman–Crippen LogP) is 1.48. The summed E-state index contributed by atoms with van der Waals surface area (Å²) in [5, 5.41) is 25.5. The summed E-state index contributed by atoms with van der Waals surface area (Å²) in [6, 6.07) is 7.75. The van der Waals surface area contributed by atoms with Gasteiger partial charge in [-0.3, -0.25) is 4.90 Å². The molecule has 5 heterocycles. The van der Waals surface area contributed by atoms with Crippen molar-refractivity contribution >= 4 is 5.65 Å². The predicted molar refractivity (Wildman–Crippen MR) is 97.2 cm³/mol. The van der Waals surface area contributed by atoms with E-state index < -0.39 is 0 Å². The standard InChI is InChI=1S/C18H19N9/c1-7-21-26(9-1)17-3-2-16-22-23-18(27(16)24-17)15-5-10-25(11-6-15)13-14-4-8-19-20-12-14/h1-4,7-9,12,15H,5-6,10-11,13H2. The molecule has 9 heteroatoms. The smallest absolute Gasteiger partial charge is 0.178 e. The van der Waals surface area contributed by atoms with E-state index in [1.165, 1.54) is 5.56 Å². The zero-order valence-corrected chi connectivity index (χ0v) is 14.8. The van der Waals surface area contributed by atoms with Gasteiger partial charge in [-0.05, 0) is 55.8 Å². The second-order valence-electron chi connectivity index (χ2n) is 6.77. The van der Waals surface area contributed by atoms with Crippen LogP contribution in [0.1, 0.15) is 30.1 Å². The van der Waals surface area contributed by atoms with Gasteiger partial charge in [-0.25, -0.2) is 4.68 Å². The SMILES string of the molecule is c1cnn(-c2ccc3nnc(C4CCN(Cc5ccnnc5)CC4)n3n2)c1. The molecule has 0 unspecified atom stereocenters. The van der Waals surface area contributed by atoms with Crippen LogP contribution in [-0.4, -0.2) is 57.8 Å². The fourth-order valence-corrected chi connectivity index (χ4v) is 3.60. The third kappa shape index (κ3) is 3.17. The third-order valence-corrected chi connectivity index (χ3v) is 5.02. The summed E-state index contributed by atoms with van der Waals surface area (Å²) in [6.45, 7) is 2.94. The Hall–Kier alpha value is -3.20. The van der Waals surface area contributed by atoms with E-state index in [9.17, 15) is 0 Å². The van der Waals surface area contributed by atoms with Crippen LogP contribution in [0.3, 0.4) is 0 Å². The van der Waals surface area contributed by atoms with E-state index in [1.807, 2.05) is 41.2 Å². The van der Waals surface area contributed by atoms with Crippen molar-refractivity contribution in [2.75, 3.05) is 13.1 Å². The van der Waals surface area contributed by atoms with Crippen LogP contribution in [0.15, 0.2) is 49.1 Å². The minimum Gasteiger partial charge on any atom is -0.299 e. The highest BCUT2D eigenvalue weighted by Gasteiger charge is 2.25. The van der Waals surface area contributed by atoms with Gasteiger partial charge in [0.1, 0.15) is 0 Å². The first kappa shape index (κ1) is 16.0. The lowest BCUT2D eigenvalue weighted by Crippen LogP contribution is -2.33. The van der Waals surface area contributed by atoms with Gasteiger partial charge < -0.3 is 0 Å². The molecule has 136 valence electrons. The van der Waals surface area contributed by atoms with Crippen LogP contribution in [-0.2, 0) is 6.54 Å². The van der Waals surface area contributed by atoms with Gasteiger partial charge >= 0.3 is 0 Å². The molecular formula is C18H19N9. The molecule has 27 heavy (non-hydrogen) atoms. The zero-order chi connectivity index (χ0) is 18.1. The van der Waals surface area contributed by atoms with Gasteiger partial charge in [0.05, 0.1) is 6.20 Å². The van der Waals surface area contributed by atoms with E-state index in [-0.39, 0.29) is 0 Å². The van der Waals surface area contributed by atoms with Gasteiger partial charge in [0.2, 0.25) is 0 Å². The van der Waals surface area contributed by atoms with E-state index in [0.717, 1.165) is 49.8 Å². The normalized spacial score (nSPS) is 16.1. The molecule has 0 aliphatic carbocycles. The van der Waals surface area contributed by atoms with Crippen molar-refractivity contribution < 1.29 is 0 Å². The summed E-state index contributed by atoms with van der Waals surface area (Å²) in [4.78, 5) is 2.44. The van der Waals surface area contributed by atoms with Gasteiger partial charge in [-0.1, -0.05) is 0 Å². The first-order chi connectivity index (χ1) is 13.4. The number of piperidine rings is 1. The van der Waals surface area contributed by atoms with Gasteiger partial charge in [0, 0.05) is 31.1 Å². The minimum absolute atomic E-state index is 0.354. The van der Waals surface area contributed by atoms with Crippen molar-refractivity contribution in [2.24, 2.45) is 0 Å². The second-order valence-corrected chi connectivity index (χ2v) is 6.77. The summed E-state index contributed by atoms with van der Waals surface area (Å²) in [5.41, 5.74) is 1.97. The molecular weight excluding hydrogens is 342 g/mol. The van der Waals surface area contributed by atoms with Crippen LogP contribution in [0.4, 0.5) is 0 Å². The fraction of sp³-hybridized carbons (Fsp3) is 0.333. The molecule has 1 aliphatic heterocycles. The number of nitrogens with zero attached hydrogens (tertiary/aromatic N) is 9. The molecule has 1 saturated heterocycles. The van der Waals surface area contributed by atoms with Crippen molar-refractivity contribution in [1.29, 1.82) is 0 Å². The molecule has 4 aromatic heterocycles. The number of likely N-dealkylation sites (tertiary alicyclic amines) is 1. The molecule has 5 rings (SSSR count). The quantitative estimate of drug-likeness (QED) is 0.544. The molecule has 1 aliphatic rings. The fourth-order valence-electron chi connectivity index (χ4n) is 3.60. The highest BCUT2D eigenvalue weighted by atomic mass is 15.4. The van der Waals surface area contributed by atoms with Crippen LogP contribution in [0.2, 0.25) is 0 Å². The van der Waals surface area contributed by atoms with Crippen molar-refractivity contribution in [3.63, 3.8) is 0 Å². The largest absolute Gasteiger partial charge is 0.299 e. The molecule has 1 fully saturated rings. The summed E-state index contributed by atoms with van der Waals surface area (Å²) in [6.07, 6.45) is 9.27. The Labute approximate surface area is 155 Å². The molecule has 0 spiro atoms. The molecule has 0 atom stereocenters. The van der Waals surface area contributed by atoms with Crippen molar-refractivity contribution in [1.82, 2.24) is 44.7 Å². The monoisotopic (exact) mass is 361 g/mol. The van der Waals surface area contributed by atoms with E-state index >= 15 is 0 Å². The first-order valence-corrected chi connectivity index (χ1v) is 9.07. The molecule has 0 saturated carbocycles. The lowest BCUT2D eigenvalue weighted by atomic mass is 9.96. The van der Waals surface area contributed by atoms with E-state index in [1.54, 1.807) is 17.1 Å². The minimum atomic E-state index is 0.354. The van der Waals surface area contributed by atoms with Gasteiger partial charge in [0.15, 0.2) is 17.3 Å². The molecule has 0 radical (unpaired) electrons. The molecule has 4 aromatic rings. The molecule has 0 aromatic carbocycles. The van der Waals surface area contributed by atoms with Gasteiger partial charge in [-0.2, -0.15) is 19.8 Å². The summed E-state index contributed by atoms with van der Waals surface area (Å²) in [7, 11) is 0. The Morgan fingerprint density at radius 2 is 1.93 bits per heavy atom. The Morgan fingerprint density at radius 3 is 2.70 bits per heavy atom. The van der Waals surface area contributed by atoms with Crippen LogP contribution < -0.4 is 0 Å². The van der Waals surface area contributed by atoms with Gasteiger partial charge in [0.25, 0.3) is 0 Å². The highest BCUT2D eigenvalue weighted by molar-refractivity contribution is 5.39. The summed E-state index contributed by atoms with van der Waals surface area (Å²) >= 11 is 0. The van der Waals surface area contributed by atoms with Crippen molar-refractivity contribution in [2.45, 2.75) is 25.3 Å². The molecule has 0 N–H and O–H groups in total. The number of rotatable bonds is 4. The summed E-state index contributed by atoms with van der Waals surface area (Å²) < 4.78 is 3.61. The number of hydrogen-bond donors (Lipinski definition) is 0. The Bertz CT molecular complexity index is 1020. The summed E-state index contributed by atoms with van der Waals surface area (Å²) in [5.74, 6) is 2.05. The van der Waals surface area contributed by atoms with E-state index in [4.69, 9.17) is 5.10 Å². The second kappa shape index (κ2) is 6.84. The van der Waals surface area contributed by atoms with Crippen molar-refractivity contribution in [3.8, 4) is 5.82 Å². The van der Waals surface area contributed by atoms with E-state index in [0.29, 0.717) is 5.92 Å². The Morgan fingerprint density at radius 1 is 1.00 bits per heavy atom. The highest BCUT2D eigenvalue weighted by Crippen LogP contribution is 2.27. The van der Waals surface area contributed by atoms with Crippen molar-refractivity contribution in [3.05, 3.63) is 60.4 Å². The maximum Gasteiger partial charge on any atom is 0.178 e. The maximum atomic E-state index is 4.70. The topological polar surface area (TPSA) is 89.9 Å². The number of fused-ring (bicyclic) bond motifs is 1. The maximum absolute atomic E-state index is 4.70. The van der Waals surface area contributed by atoms with E-state index in [2.05, 4.69) is 30.4 Å². The lowest BCUT2D eigenvalue weighted by Gasteiger charge is -2.30. The van der Waals surface area contributed by atoms with Crippen LogP contribution in [0.5, 0.6) is 0 Å². The third-order valence-electron chi connectivity index (χ3n) is 5.02. The van der Waals surface area contributed by atoms with Crippen LogP contribution in [0.25, 0.3) is 11.5 Å². The number of aromatic nitrogens is 8. The molecule has 0 amide bonds. The Balaban J connectivity index is 1.33.